The van der Waals surface area contributed by atoms with Crippen LogP contribution in [0.3, 0.4) is 0 Å². The summed E-state index contributed by atoms with van der Waals surface area (Å²) in [6, 6.07) is 3.14. The molecule has 0 bridgehead atoms. The van der Waals surface area contributed by atoms with Crippen molar-refractivity contribution in [3.63, 3.8) is 0 Å². The Morgan fingerprint density at radius 1 is 1.50 bits per heavy atom. The highest BCUT2D eigenvalue weighted by Crippen LogP contribution is 2.24. The van der Waals surface area contributed by atoms with Gasteiger partial charge in [-0.25, -0.2) is 4.39 Å². The van der Waals surface area contributed by atoms with Crippen LogP contribution in [0.15, 0.2) is 21.5 Å². The first-order valence-electron chi connectivity index (χ1n) is 2.45. The highest BCUT2D eigenvalue weighted by atomic mass is 127. The summed E-state index contributed by atoms with van der Waals surface area (Å²) in [5.41, 5.74) is 0. The van der Waals surface area contributed by atoms with Gasteiger partial charge in [-0.1, -0.05) is 0 Å². The topological polar surface area (TPSA) is 0 Å². The first-order valence-corrected chi connectivity index (χ1v) is 4.76. The maximum atomic E-state index is 12.8. The van der Waals surface area contributed by atoms with Gasteiger partial charge in [0, 0.05) is 9.37 Å². The second-order valence-electron chi connectivity index (χ2n) is 1.72. The number of benzene rings is 1. The summed E-state index contributed by atoms with van der Waals surface area (Å²) >= 11 is 9.13. The minimum absolute atomic E-state index is 0.236. The van der Waals surface area contributed by atoms with E-state index in [1.165, 1.54) is 6.07 Å². The first-order chi connectivity index (χ1) is 4.61. The summed E-state index contributed by atoms with van der Waals surface area (Å²) in [4.78, 5) is 0.629. The molecule has 1 aromatic rings. The summed E-state index contributed by atoms with van der Waals surface area (Å²) in [6.45, 7) is 0. The summed E-state index contributed by atoms with van der Waals surface area (Å²) in [5.74, 6) is -0.236. The standard InChI is InChI=1S/C6H3BrFIS/c7-4-1-3(10)2-5(8)6(4)9/h1-2,10H. The molecular formula is C6H3BrFIS. The van der Waals surface area contributed by atoms with Crippen LogP contribution in [0.1, 0.15) is 0 Å². The zero-order valence-corrected chi connectivity index (χ0v) is 9.37. The van der Waals surface area contributed by atoms with Gasteiger partial charge in [0.2, 0.25) is 0 Å². The fourth-order valence-corrected chi connectivity index (χ4v) is 1.71. The molecule has 0 aliphatic rings. The molecular weight excluding hydrogens is 330 g/mol. The lowest BCUT2D eigenvalue weighted by molar-refractivity contribution is 0.615. The average Bonchev–Trinajstić information content (AvgIpc) is 1.82. The lowest BCUT2D eigenvalue weighted by Crippen LogP contribution is -1.82. The van der Waals surface area contributed by atoms with E-state index in [4.69, 9.17) is 0 Å². The Morgan fingerprint density at radius 2 is 2.10 bits per heavy atom. The Kier molecular flexibility index (Phi) is 3.00. The Labute approximate surface area is 85.9 Å². The third kappa shape index (κ3) is 1.85. The van der Waals surface area contributed by atoms with Gasteiger partial charge < -0.3 is 0 Å². The molecule has 0 saturated heterocycles. The molecule has 1 aromatic carbocycles. The Hall–Kier alpha value is 0.710. The van der Waals surface area contributed by atoms with Crippen molar-refractivity contribution in [2.45, 2.75) is 4.90 Å². The highest BCUT2D eigenvalue weighted by Gasteiger charge is 2.03. The van der Waals surface area contributed by atoms with Crippen LogP contribution in [-0.2, 0) is 0 Å². The van der Waals surface area contributed by atoms with Crippen LogP contribution in [0.5, 0.6) is 0 Å². The molecule has 54 valence electrons. The minimum Gasteiger partial charge on any atom is -0.206 e. The van der Waals surface area contributed by atoms with Gasteiger partial charge in [-0.3, -0.25) is 0 Å². The Balaban J connectivity index is 3.31. The molecule has 0 nitrogen and oxygen atoms in total. The van der Waals surface area contributed by atoms with Crippen LogP contribution in [0.2, 0.25) is 0 Å². The van der Waals surface area contributed by atoms with Crippen LogP contribution in [0, 0.1) is 9.39 Å². The first kappa shape index (κ1) is 8.80. The fourth-order valence-electron chi connectivity index (χ4n) is 0.542. The monoisotopic (exact) mass is 332 g/mol. The smallest absolute Gasteiger partial charge is 0.138 e. The van der Waals surface area contributed by atoms with Gasteiger partial charge in [-0.05, 0) is 50.7 Å². The Bertz CT molecular complexity index is 241. The van der Waals surface area contributed by atoms with Gasteiger partial charge in [-0.2, -0.15) is 0 Å². The zero-order chi connectivity index (χ0) is 7.72. The molecule has 0 atom stereocenters. The van der Waals surface area contributed by atoms with Crippen molar-refractivity contribution in [3.8, 4) is 0 Å². The van der Waals surface area contributed by atoms with Crippen LogP contribution >= 0.6 is 51.1 Å². The van der Waals surface area contributed by atoms with E-state index >= 15 is 0 Å². The van der Waals surface area contributed by atoms with E-state index in [0.717, 1.165) is 4.47 Å². The predicted molar refractivity (Wildman–Crippen MR) is 54.1 cm³/mol. The molecule has 0 amide bonds. The molecule has 0 heterocycles. The van der Waals surface area contributed by atoms with E-state index in [-0.39, 0.29) is 5.82 Å². The van der Waals surface area contributed by atoms with E-state index in [9.17, 15) is 4.39 Å². The lowest BCUT2D eigenvalue weighted by atomic mass is 10.3. The lowest BCUT2D eigenvalue weighted by Gasteiger charge is -1.98. The van der Waals surface area contributed by atoms with Gasteiger partial charge >= 0.3 is 0 Å². The van der Waals surface area contributed by atoms with Crippen LogP contribution in [0.25, 0.3) is 0 Å². The predicted octanol–water partition coefficient (Wildman–Crippen LogP) is 3.48. The molecule has 1 rings (SSSR count). The molecule has 4 heteroatoms. The van der Waals surface area contributed by atoms with Crippen molar-refractivity contribution in [2.24, 2.45) is 0 Å². The van der Waals surface area contributed by atoms with Crippen molar-refractivity contribution < 1.29 is 4.39 Å². The molecule has 0 N–H and O–H groups in total. The molecule has 0 radical (unpaired) electrons. The van der Waals surface area contributed by atoms with Crippen molar-refractivity contribution >= 4 is 51.1 Å². The summed E-state index contributed by atoms with van der Waals surface area (Å²) in [7, 11) is 0. The van der Waals surface area contributed by atoms with Crippen molar-refractivity contribution in [3.05, 3.63) is 26.0 Å². The van der Waals surface area contributed by atoms with E-state index < -0.39 is 0 Å². The normalized spacial score (nSPS) is 10.0. The molecule has 0 spiro atoms. The molecule has 0 unspecified atom stereocenters. The van der Waals surface area contributed by atoms with E-state index in [1.807, 2.05) is 22.6 Å². The molecule has 0 saturated carbocycles. The van der Waals surface area contributed by atoms with Crippen LogP contribution in [0.4, 0.5) is 4.39 Å². The number of rotatable bonds is 0. The van der Waals surface area contributed by atoms with Gasteiger partial charge in [0.15, 0.2) is 0 Å². The summed E-state index contributed by atoms with van der Waals surface area (Å²) < 4.78 is 14.1. The van der Waals surface area contributed by atoms with E-state index in [1.54, 1.807) is 6.07 Å². The van der Waals surface area contributed by atoms with Gasteiger partial charge in [0.05, 0.1) is 3.57 Å². The third-order valence-electron chi connectivity index (χ3n) is 0.969. The SMILES string of the molecule is Fc1cc(S)cc(Br)c1I. The van der Waals surface area contributed by atoms with Gasteiger partial charge in [0.1, 0.15) is 5.82 Å². The molecule has 10 heavy (non-hydrogen) atoms. The second-order valence-corrected chi connectivity index (χ2v) is 4.17. The van der Waals surface area contributed by atoms with E-state index in [0.29, 0.717) is 8.47 Å². The highest BCUT2D eigenvalue weighted by molar-refractivity contribution is 14.1. The number of hydrogen-bond donors (Lipinski definition) is 1. The van der Waals surface area contributed by atoms with Crippen molar-refractivity contribution in [2.75, 3.05) is 0 Å². The molecule has 0 aliphatic carbocycles. The molecule has 0 aromatic heterocycles. The summed E-state index contributed by atoms with van der Waals surface area (Å²) in [5, 5.41) is 0. The van der Waals surface area contributed by atoms with Crippen molar-refractivity contribution in [1.29, 1.82) is 0 Å². The van der Waals surface area contributed by atoms with E-state index in [2.05, 4.69) is 28.6 Å². The summed E-state index contributed by atoms with van der Waals surface area (Å²) in [6.07, 6.45) is 0. The number of halogens is 3. The van der Waals surface area contributed by atoms with Crippen LogP contribution in [-0.4, -0.2) is 0 Å². The molecule has 0 aliphatic heterocycles. The van der Waals surface area contributed by atoms with Gasteiger partial charge in [0.25, 0.3) is 0 Å². The van der Waals surface area contributed by atoms with Crippen LogP contribution < -0.4 is 0 Å². The quantitative estimate of drug-likeness (QED) is 0.420. The fraction of sp³-hybridized carbons (Fsp3) is 0. The maximum Gasteiger partial charge on any atom is 0.138 e. The third-order valence-corrected chi connectivity index (χ3v) is 3.69. The average molecular weight is 333 g/mol. The number of hydrogen-bond acceptors (Lipinski definition) is 1. The minimum atomic E-state index is -0.236. The second kappa shape index (κ2) is 3.40. The van der Waals surface area contributed by atoms with Gasteiger partial charge in [-0.15, -0.1) is 12.6 Å². The zero-order valence-electron chi connectivity index (χ0n) is 4.74. The molecule has 0 fully saturated rings. The Morgan fingerprint density at radius 3 is 2.60 bits per heavy atom. The number of thiol groups is 1. The largest absolute Gasteiger partial charge is 0.206 e. The van der Waals surface area contributed by atoms with Crippen molar-refractivity contribution in [1.82, 2.24) is 0 Å². The maximum absolute atomic E-state index is 12.8.